The molecule has 0 saturated heterocycles. The molecule has 0 spiro atoms. The summed E-state index contributed by atoms with van der Waals surface area (Å²) in [6.07, 6.45) is 1.63. The van der Waals surface area contributed by atoms with Crippen LogP contribution in [0.15, 0.2) is 53.1 Å². The summed E-state index contributed by atoms with van der Waals surface area (Å²) in [5, 5.41) is 11.6. The Kier molecular flexibility index (Phi) is 5.41. The number of nitrogens with zero attached hydrogens (tertiary/aromatic N) is 4. The molecule has 0 aliphatic rings. The Labute approximate surface area is 177 Å². The lowest BCUT2D eigenvalue weighted by atomic mass is 10.2. The Morgan fingerprint density at radius 3 is 2.73 bits per heavy atom. The Morgan fingerprint density at radius 2 is 2.00 bits per heavy atom. The fourth-order valence-electron chi connectivity index (χ4n) is 3.11. The zero-order chi connectivity index (χ0) is 21.3. The zero-order valence-electron chi connectivity index (χ0n) is 16.4. The van der Waals surface area contributed by atoms with Crippen LogP contribution in [0, 0.1) is 19.7 Å². The summed E-state index contributed by atoms with van der Waals surface area (Å²) in [6.45, 7) is 4.46. The van der Waals surface area contributed by atoms with Gasteiger partial charge in [-0.15, -0.1) is 0 Å². The van der Waals surface area contributed by atoms with Crippen molar-refractivity contribution in [1.82, 2.24) is 19.6 Å². The fraction of sp³-hybridized carbons (Fsp3) is 0.190. The highest BCUT2D eigenvalue weighted by atomic mass is 35.5. The van der Waals surface area contributed by atoms with Crippen molar-refractivity contribution in [2.24, 2.45) is 0 Å². The van der Waals surface area contributed by atoms with E-state index in [0.29, 0.717) is 28.7 Å². The number of hydrogen-bond acceptors (Lipinski definition) is 4. The number of carbonyl (C=O) groups excluding carboxylic acids is 1. The van der Waals surface area contributed by atoms with Gasteiger partial charge < -0.3 is 9.73 Å². The van der Waals surface area contributed by atoms with Crippen LogP contribution in [0.3, 0.4) is 0 Å². The van der Waals surface area contributed by atoms with Gasteiger partial charge in [0.1, 0.15) is 11.6 Å². The number of hydrogen-bond donors (Lipinski definition) is 1. The van der Waals surface area contributed by atoms with E-state index in [1.807, 2.05) is 24.6 Å². The summed E-state index contributed by atoms with van der Waals surface area (Å²) in [6, 6.07) is 11.4. The Hall–Kier alpha value is -3.39. The minimum atomic E-state index is -0.427. The van der Waals surface area contributed by atoms with Crippen molar-refractivity contribution in [2.75, 3.05) is 5.32 Å². The van der Waals surface area contributed by atoms with Crippen molar-refractivity contribution in [3.8, 4) is 0 Å². The van der Waals surface area contributed by atoms with Gasteiger partial charge in [-0.25, -0.2) is 4.39 Å². The molecule has 1 aromatic carbocycles. The van der Waals surface area contributed by atoms with Crippen molar-refractivity contribution < 1.29 is 13.6 Å². The minimum absolute atomic E-state index is 0.148. The van der Waals surface area contributed by atoms with E-state index < -0.39 is 11.7 Å². The molecule has 0 aliphatic carbocycles. The topological polar surface area (TPSA) is 77.9 Å². The lowest BCUT2D eigenvalue weighted by molar-refractivity contribution is 0.0994. The summed E-state index contributed by atoms with van der Waals surface area (Å²) >= 11 is 6.05. The van der Waals surface area contributed by atoms with Crippen molar-refractivity contribution >= 4 is 23.3 Å². The van der Waals surface area contributed by atoms with Gasteiger partial charge in [0.25, 0.3) is 5.91 Å². The number of aryl methyl sites for hydroxylation is 2. The van der Waals surface area contributed by atoms with Gasteiger partial charge in [-0.05, 0) is 44.2 Å². The predicted octanol–water partition coefficient (Wildman–Crippen LogP) is 4.43. The molecule has 1 N–H and O–H groups in total. The number of amides is 1. The standard InChI is InChI=1S/C21H19ClFN5O2/c1-13-10-14(2)28(25-13)11-15-6-7-19(30-15)21(29)24-20-8-9-27(26-20)12-16-17(22)4-3-5-18(16)23/h3-10H,11-12H2,1-2H3,(H,24,26,29). The first-order chi connectivity index (χ1) is 14.4. The molecular formula is C21H19ClFN5O2. The molecule has 4 aromatic rings. The second kappa shape index (κ2) is 8.16. The fourth-order valence-corrected chi connectivity index (χ4v) is 3.33. The highest BCUT2D eigenvalue weighted by Gasteiger charge is 2.15. The third-order valence-electron chi connectivity index (χ3n) is 4.56. The number of halogens is 2. The van der Waals surface area contributed by atoms with Crippen LogP contribution in [0.25, 0.3) is 0 Å². The lowest BCUT2D eigenvalue weighted by Crippen LogP contribution is -2.12. The van der Waals surface area contributed by atoms with Crippen molar-refractivity contribution in [3.05, 3.63) is 88.0 Å². The molecule has 9 heteroatoms. The molecule has 3 heterocycles. The maximum atomic E-state index is 13.9. The van der Waals surface area contributed by atoms with Crippen LogP contribution in [0.4, 0.5) is 10.2 Å². The van der Waals surface area contributed by atoms with Gasteiger partial charge in [-0.2, -0.15) is 10.2 Å². The number of nitrogens with one attached hydrogen (secondary N) is 1. The third-order valence-corrected chi connectivity index (χ3v) is 4.91. The van der Waals surface area contributed by atoms with Gasteiger partial charge in [0.2, 0.25) is 0 Å². The molecule has 154 valence electrons. The summed E-state index contributed by atoms with van der Waals surface area (Å²) < 4.78 is 22.9. The van der Waals surface area contributed by atoms with Crippen LogP contribution in [0.2, 0.25) is 5.02 Å². The summed E-state index contributed by atoms with van der Waals surface area (Å²) in [5.41, 5.74) is 2.26. The maximum absolute atomic E-state index is 13.9. The molecule has 4 rings (SSSR count). The van der Waals surface area contributed by atoms with Gasteiger partial charge in [-0.3, -0.25) is 14.2 Å². The molecule has 0 aliphatic heterocycles. The molecule has 0 unspecified atom stereocenters. The van der Waals surface area contributed by atoms with E-state index in [-0.39, 0.29) is 12.3 Å². The average molecular weight is 428 g/mol. The van der Waals surface area contributed by atoms with E-state index in [1.54, 1.807) is 36.5 Å². The first kappa shape index (κ1) is 19.9. The molecule has 0 radical (unpaired) electrons. The highest BCUT2D eigenvalue weighted by molar-refractivity contribution is 6.31. The number of furan rings is 1. The van der Waals surface area contributed by atoms with Crippen molar-refractivity contribution in [2.45, 2.75) is 26.9 Å². The van der Waals surface area contributed by atoms with Gasteiger partial charge in [0, 0.05) is 28.5 Å². The molecule has 0 fully saturated rings. The number of aromatic nitrogens is 4. The van der Waals surface area contributed by atoms with Crippen molar-refractivity contribution in [1.29, 1.82) is 0 Å². The van der Waals surface area contributed by atoms with E-state index >= 15 is 0 Å². The van der Waals surface area contributed by atoms with Crippen LogP contribution < -0.4 is 5.32 Å². The molecule has 0 bridgehead atoms. The smallest absolute Gasteiger partial charge is 0.292 e. The number of carbonyl (C=O) groups is 1. The van der Waals surface area contributed by atoms with Gasteiger partial charge in [-0.1, -0.05) is 17.7 Å². The first-order valence-corrected chi connectivity index (χ1v) is 9.64. The second-order valence-corrected chi connectivity index (χ2v) is 7.31. The van der Waals surface area contributed by atoms with E-state index in [1.165, 1.54) is 10.7 Å². The van der Waals surface area contributed by atoms with E-state index in [4.69, 9.17) is 16.0 Å². The van der Waals surface area contributed by atoms with E-state index in [9.17, 15) is 9.18 Å². The van der Waals surface area contributed by atoms with Crippen LogP contribution in [0.1, 0.15) is 33.3 Å². The zero-order valence-corrected chi connectivity index (χ0v) is 17.2. The Balaban J connectivity index is 1.41. The maximum Gasteiger partial charge on any atom is 0.292 e. The van der Waals surface area contributed by atoms with Crippen LogP contribution in [-0.4, -0.2) is 25.5 Å². The van der Waals surface area contributed by atoms with Crippen LogP contribution in [0.5, 0.6) is 0 Å². The third kappa shape index (κ3) is 4.28. The Bertz CT molecular complexity index is 1190. The van der Waals surface area contributed by atoms with Gasteiger partial charge in [0.05, 0.1) is 18.8 Å². The van der Waals surface area contributed by atoms with E-state index in [0.717, 1.165) is 11.4 Å². The number of rotatable bonds is 6. The molecule has 30 heavy (non-hydrogen) atoms. The first-order valence-electron chi connectivity index (χ1n) is 9.26. The van der Waals surface area contributed by atoms with Crippen molar-refractivity contribution in [3.63, 3.8) is 0 Å². The number of benzene rings is 1. The lowest BCUT2D eigenvalue weighted by Gasteiger charge is -2.06. The molecule has 3 aromatic heterocycles. The summed E-state index contributed by atoms with van der Waals surface area (Å²) in [4.78, 5) is 12.5. The van der Waals surface area contributed by atoms with Gasteiger partial charge in [0.15, 0.2) is 11.6 Å². The summed E-state index contributed by atoms with van der Waals surface area (Å²) in [7, 11) is 0. The normalized spacial score (nSPS) is 11.1. The van der Waals surface area contributed by atoms with Crippen LogP contribution in [-0.2, 0) is 13.1 Å². The Morgan fingerprint density at radius 1 is 1.17 bits per heavy atom. The highest BCUT2D eigenvalue weighted by Crippen LogP contribution is 2.20. The molecule has 7 nitrogen and oxygen atoms in total. The van der Waals surface area contributed by atoms with Gasteiger partial charge >= 0.3 is 0 Å². The largest absolute Gasteiger partial charge is 0.454 e. The molecule has 1 amide bonds. The second-order valence-electron chi connectivity index (χ2n) is 6.90. The quantitative estimate of drug-likeness (QED) is 0.493. The number of anilines is 1. The molecule has 0 atom stereocenters. The SMILES string of the molecule is Cc1cc(C)n(Cc2ccc(C(=O)Nc3ccn(Cc4c(F)cccc4Cl)n3)o2)n1. The summed E-state index contributed by atoms with van der Waals surface area (Å²) in [5.74, 6) is 0.270. The van der Waals surface area contributed by atoms with Crippen LogP contribution >= 0.6 is 11.6 Å². The van der Waals surface area contributed by atoms with E-state index in [2.05, 4.69) is 15.5 Å². The molecular weight excluding hydrogens is 409 g/mol. The average Bonchev–Trinajstić information content (AvgIpc) is 3.40. The minimum Gasteiger partial charge on any atom is -0.454 e. The monoisotopic (exact) mass is 427 g/mol. The predicted molar refractivity (Wildman–Crippen MR) is 110 cm³/mol. The molecule has 0 saturated carbocycles.